The second-order valence-corrected chi connectivity index (χ2v) is 5.44. The fraction of sp³-hybridized carbons (Fsp3) is 0.545. The van der Waals surface area contributed by atoms with Crippen molar-refractivity contribution in [1.82, 2.24) is 24.5 Å². The van der Waals surface area contributed by atoms with E-state index in [2.05, 4.69) is 58.5 Å². The highest BCUT2D eigenvalue weighted by molar-refractivity contribution is 14.1. The molecule has 0 bridgehead atoms. The predicted molar refractivity (Wildman–Crippen MR) is 73.9 cm³/mol. The molecule has 6 heteroatoms. The van der Waals surface area contributed by atoms with Crippen LogP contribution in [-0.2, 0) is 6.54 Å². The van der Waals surface area contributed by atoms with Crippen LogP contribution in [0.25, 0.3) is 0 Å². The van der Waals surface area contributed by atoms with Crippen molar-refractivity contribution in [1.29, 1.82) is 0 Å². The summed E-state index contributed by atoms with van der Waals surface area (Å²) in [4.78, 5) is 4.30. The van der Waals surface area contributed by atoms with Gasteiger partial charge in [-0.1, -0.05) is 0 Å². The molecule has 0 saturated heterocycles. The van der Waals surface area contributed by atoms with Crippen LogP contribution in [-0.4, -0.2) is 24.5 Å². The zero-order valence-corrected chi connectivity index (χ0v) is 12.6. The van der Waals surface area contributed by atoms with Crippen molar-refractivity contribution in [2.24, 2.45) is 0 Å². The highest BCUT2D eigenvalue weighted by Gasteiger charge is 2.13. The lowest BCUT2D eigenvalue weighted by atomic mass is 10.4. The Balaban J connectivity index is 2.32. The number of nitrogens with zero attached hydrogens (tertiary/aromatic N) is 5. The molecule has 2 heterocycles. The van der Waals surface area contributed by atoms with Crippen LogP contribution in [0.2, 0.25) is 0 Å². The second kappa shape index (κ2) is 4.75. The molecule has 0 aromatic carbocycles. The second-order valence-electron chi connectivity index (χ2n) is 4.36. The molecule has 2 aromatic heterocycles. The van der Waals surface area contributed by atoms with Crippen LogP contribution in [0.15, 0.2) is 6.33 Å². The summed E-state index contributed by atoms with van der Waals surface area (Å²) in [6.07, 6.45) is 1.60. The van der Waals surface area contributed by atoms with E-state index in [1.807, 2.05) is 16.3 Å². The van der Waals surface area contributed by atoms with E-state index in [0.717, 1.165) is 11.5 Å². The van der Waals surface area contributed by atoms with Crippen LogP contribution in [0.1, 0.15) is 37.1 Å². The maximum absolute atomic E-state index is 4.51. The molecule has 0 spiro atoms. The van der Waals surface area contributed by atoms with Crippen LogP contribution in [0.3, 0.4) is 0 Å². The van der Waals surface area contributed by atoms with Gasteiger partial charge in [0.2, 0.25) is 0 Å². The van der Waals surface area contributed by atoms with E-state index < -0.39 is 0 Å². The Kier molecular flexibility index (Phi) is 3.50. The Morgan fingerprint density at radius 2 is 2.06 bits per heavy atom. The van der Waals surface area contributed by atoms with Gasteiger partial charge in [0.05, 0.1) is 9.26 Å². The number of aryl methyl sites for hydroxylation is 1. The third-order valence-electron chi connectivity index (χ3n) is 2.72. The maximum atomic E-state index is 4.51. The molecule has 2 rings (SSSR count). The summed E-state index contributed by atoms with van der Waals surface area (Å²) in [6.45, 7) is 8.98. The Labute approximate surface area is 114 Å². The molecule has 0 atom stereocenters. The first-order valence-electron chi connectivity index (χ1n) is 5.58. The van der Waals surface area contributed by atoms with Crippen LogP contribution >= 0.6 is 22.6 Å². The van der Waals surface area contributed by atoms with E-state index in [0.29, 0.717) is 12.6 Å². The first kappa shape index (κ1) is 12.5. The normalized spacial score (nSPS) is 11.4. The molecule has 0 fully saturated rings. The SMILES string of the molecule is Cc1nn(Cc2ncnn2C(C)C)c(C)c1I. The van der Waals surface area contributed by atoms with E-state index in [1.54, 1.807) is 6.33 Å². The average molecular weight is 345 g/mol. The van der Waals surface area contributed by atoms with Gasteiger partial charge in [-0.25, -0.2) is 9.67 Å². The summed E-state index contributed by atoms with van der Waals surface area (Å²) in [7, 11) is 0. The number of hydrogen-bond donors (Lipinski definition) is 0. The van der Waals surface area contributed by atoms with Gasteiger partial charge in [0.25, 0.3) is 0 Å². The lowest BCUT2D eigenvalue weighted by Crippen LogP contribution is -2.13. The van der Waals surface area contributed by atoms with Gasteiger partial charge in [-0.3, -0.25) is 4.68 Å². The molecule has 5 nitrogen and oxygen atoms in total. The van der Waals surface area contributed by atoms with Crippen molar-refractivity contribution in [2.45, 2.75) is 40.3 Å². The molecule has 0 amide bonds. The zero-order chi connectivity index (χ0) is 12.6. The lowest BCUT2D eigenvalue weighted by Gasteiger charge is -2.10. The third-order valence-corrected chi connectivity index (χ3v) is 4.28. The molecule has 92 valence electrons. The number of rotatable bonds is 3. The first-order valence-corrected chi connectivity index (χ1v) is 6.66. The minimum atomic E-state index is 0.323. The molecular formula is C11H16IN5. The van der Waals surface area contributed by atoms with Crippen LogP contribution in [0.4, 0.5) is 0 Å². The van der Waals surface area contributed by atoms with Gasteiger partial charge in [0.1, 0.15) is 18.7 Å². The molecule has 0 aliphatic rings. The van der Waals surface area contributed by atoms with Crippen molar-refractivity contribution in [3.8, 4) is 0 Å². The van der Waals surface area contributed by atoms with Gasteiger partial charge >= 0.3 is 0 Å². The molecular weight excluding hydrogens is 329 g/mol. The summed E-state index contributed by atoms with van der Waals surface area (Å²) < 4.78 is 5.14. The maximum Gasteiger partial charge on any atom is 0.148 e. The highest BCUT2D eigenvalue weighted by Crippen LogP contribution is 2.16. The molecule has 0 radical (unpaired) electrons. The fourth-order valence-corrected chi connectivity index (χ4v) is 2.17. The number of aromatic nitrogens is 5. The Morgan fingerprint density at radius 1 is 1.35 bits per heavy atom. The Bertz CT molecular complexity index is 526. The standard InChI is InChI=1S/C11H16IN5/c1-7(2)17-10(13-6-14-17)5-16-9(4)11(12)8(3)15-16/h6-7H,5H2,1-4H3. The molecule has 0 aliphatic carbocycles. The van der Waals surface area contributed by atoms with E-state index in [4.69, 9.17) is 0 Å². The van der Waals surface area contributed by atoms with Gasteiger partial charge in [-0.05, 0) is 50.3 Å². The van der Waals surface area contributed by atoms with Crippen molar-refractivity contribution in [3.63, 3.8) is 0 Å². The lowest BCUT2D eigenvalue weighted by molar-refractivity contribution is 0.485. The summed E-state index contributed by atoms with van der Waals surface area (Å²) in [5, 5.41) is 8.75. The molecule has 17 heavy (non-hydrogen) atoms. The first-order chi connectivity index (χ1) is 8.00. The molecule has 2 aromatic rings. The zero-order valence-electron chi connectivity index (χ0n) is 10.5. The number of hydrogen-bond acceptors (Lipinski definition) is 3. The van der Waals surface area contributed by atoms with Gasteiger partial charge in [-0.15, -0.1) is 0 Å². The molecule has 0 unspecified atom stereocenters. The van der Waals surface area contributed by atoms with Crippen molar-refractivity contribution >= 4 is 22.6 Å². The molecule has 0 aliphatic heterocycles. The van der Waals surface area contributed by atoms with E-state index in [1.165, 1.54) is 9.26 Å². The quantitative estimate of drug-likeness (QED) is 0.803. The topological polar surface area (TPSA) is 48.5 Å². The van der Waals surface area contributed by atoms with Crippen molar-refractivity contribution in [2.75, 3.05) is 0 Å². The van der Waals surface area contributed by atoms with Crippen LogP contribution < -0.4 is 0 Å². The predicted octanol–water partition coefficient (Wildman–Crippen LogP) is 2.33. The Hall–Kier alpha value is -0.920. The van der Waals surface area contributed by atoms with E-state index in [-0.39, 0.29) is 0 Å². The third kappa shape index (κ3) is 2.36. The van der Waals surface area contributed by atoms with Crippen molar-refractivity contribution < 1.29 is 0 Å². The monoisotopic (exact) mass is 345 g/mol. The van der Waals surface area contributed by atoms with Gasteiger partial charge < -0.3 is 0 Å². The number of halogens is 1. The molecule has 0 saturated carbocycles. The van der Waals surface area contributed by atoms with Gasteiger partial charge in [0, 0.05) is 11.7 Å². The van der Waals surface area contributed by atoms with Crippen LogP contribution in [0, 0.1) is 17.4 Å². The largest absolute Gasteiger partial charge is 0.261 e. The average Bonchev–Trinajstić information content (AvgIpc) is 2.81. The van der Waals surface area contributed by atoms with Gasteiger partial charge in [-0.2, -0.15) is 10.2 Å². The minimum absolute atomic E-state index is 0.323. The van der Waals surface area contributed by atoms with Crippen LogP contribution in [0.5, 0.6) is 0 Å². The smallest absolute Gasteiger partial charge is 0.148 e. The minimum Gasteiger partial charge on any atom is -0.261 e. The van der Waals surface area contributed by atoms with E-state index in [9.17, 15) is 0 Å². The molecule has 0 N–H and O–H groups in total. The summed E-state index contributed by atoms with van der Waals surface area (Å²) in [6, 6.07) is 0.323. The highest BCUT2D eigenvalue weighted by atomic mass is 127. The summed E-state index contributed by atoms with van der Waals surface area (Å²) in [5.74, 6) is 0.946. The van der Waals surface area contributed by atoms with Gasteiger partial charge in [0.15, 0.2) is 0 Å². The fourth-order valence-electron chi connectivity index (χ4n) is 1.78. The summed E-state index contributed by atoms with van der Waals surface area (Å²) >= 11 is 2.33. The summed E-state index contributed by atoms with van der Waals surface area (Å²) in [5.41, 5.74) is 2.25. The Morgan fingerprint density at radius 3 is 2.59 bits per heavy atom. The van der Waals surface area contributed by atoms with E-state index >= 15 is 0 Å². The van der Waals surface area contributed by atoms with Crippen molar-refractivity contribution in [3.05, 3.63) is 27.1 Å².